The molecule has 1 fully saturated rings. The van der Waals surface area contributed by atoms with Gasteiger partial charge < -0.3 is 10.2 Å². The number of sulfonamides is 1. The highest BCUT2D eigenvalue weighted by atomic mass is 32.2. The number of nitrogens with zero attached hydrogens (tertiary/aromatic N) is 4. The largest absolute Gasteiger partial charge is 0.369 e. The predicted molar refractivity (Wildman–Crippen MR) is 88.8 cm³/mol. The lowest BCUT2D eigenvalue weighted by Gasteiger charge is -2.27. The maximum absolute atomic E-state index is 11.7. The van der Waals surface area contributed by atoms with E-state index in [1.54, 1.807) is 14.1 Å². The first-order valence-electron chi connectivity index (χ1n) is 7.63. The minimum atomic E-state index is -3.19. The molecule has 1 aromatic heterocycles. The fourth-order valence-corrected chi connectivity index (χ4v) is 3.09. The van der Waals surface area contributed by atoms with Crippen LogP contribution < -0.4 is 10.2 Å². The molecule has 0 amide bonds. The molecular weight excluding hydrogens is 302 g/mol. The molecule has 0 atom stereocenters. The van der Waals surface area contributed by atoms with Crippen LogP contribution in [0, 0.1) is 6.92 Å². The standard InChI is InChI=1S/C14H25N5O2S/c1-12-11-13(15-7-10-22(20,21)18(2)3)17-14(16-12)19-8-5-4-6-9-19/h11H,4-10H2,1-3H3,(H,15,16,17). The summed E-state index contributed by atoms with van der Waals surface area (Å²) < 4.78 is 24.7. The first kappa shape index (κ1) is 17.0. The first-order chi connectivity index (χ1) is 10.4. The number of nitrogens with one attached hydrogen (secondary N) is 1. The fourth-order valence-electron chi connectivity index (χ4n) is 2.37. The summed E-state index contributed by atoms with van der Waals surface area (Å²) in [6.45, 7) is 4.23. The van der Waals surface area contributed by atoms with E-state index in [1.807, 2.05) is 13.0 Å². The van der Waals surface area contributed by atoms with Crippen molar-refractivity contribution in [1.29, 1.82) is 0 Å². The molecule has 1 aliphatic heterocycles. The van der Waals surface area contributed by atoms with Crippen molar-refractivity contribution in [3.05, 3.63) is 11.8 Å². The number of rotatable bonds is 6. The zero-order valence-electron chi connectivity index (χ0n) is 13.5. The van der Waals surface area contributed by atoms with Crippen LogP contribution in [0.5, 0.6) is 0 Å². The Morgan fingerprint density at radius 1 is 1.23 bits per heavy atom. The van der Waals surface area contributed by atoms with E-state index in [0.717, 1.165) is 24.7 Å². The molecule has 124 valence electrons. The number of hydrogen-bond donors (Lipinski definition) is 1. The van der Waals surface area contributed by atoms with Gasteiger partial charge in [-0.2, -0.15) is 4.98 Å². The molecule has 7 nitrogen and oxygen atoms in total. The van der Waals surface area contributed by atoms with Crippen LogP contribution in [0.4, 0.5) is 11.8 Å². The van der Waals surface area contributed by atoms with E-state index in [9.17, 15) is 8.42 Å². The molecule has 0 radical (unpaired) electrons. The van der Waals surface area contributed by atoms with Crippen molar-refractivity contribution in [2.75, 3.05) is 49.7 Å². The molecule has 1 N–H and O–H groups in total. The van der Waals surface area contributed by atoms with Gasteiger partial charge in [0.05, 0.1) is 5.75 Å². The lowest BCUT2D eigenvalue weighted by molar-refractivity contribution is 0.521. The Morgan fingerprint density at radius 3 is 2.55 bits per heavy atom. The number of piperidine rings is 1. The highest BCUT2D eigenvalue weighted by Gasteiger charge is 2.16. The van der Waals surface area contributed by atoms with Crippen LogP contribution in [0.1, 0.15) is 25.0 Å². The van der Waals surface area contributed by atoms with Gasteiger partial charge in [0.2, 0.25) is 16.0 Å². The number of aromatic nitrogens is 2. The van der Waals surface area contributed by atoms with Crippen molar-refractivity contribution in [2.24, 2.45) is 0 Å². The van der Waals surface area contributed by atoms with Crippen LogP contribution in [0.15, 0.2) is 6.07 Å². The van der Waals surface area contributed by atoms with Crippen LogP contribution in [0.25, 0.3) is 0 Å². The van der Waals surface area contributed by atoms with Gasteiger partial charge >= 0.3 is 0 Å². The summed E-state index contributed by atoms with van der Waals surface area (Å²) in [6.07, 6.45) is 3.60. The average molecular weight is 327 g/mol. The molecule has 1 aliphatic rings. The van der Waals surface area contributed by atoms with E-state index in [2.05, 4.69) is 20.2 Å². The zero-order valence-corrected chi connectivity index (χ0v) is 14.4. The Hall–Kier alpha value is -1.41. The molecule has 0 aliphatic carbocycles. The molecule has 2 rings (SSSR count). The maximum atomic E-state index is 11.7. The van der Waals surface area contributed by atoms with E-state index in [1.165, 1.54) is 23.6 Å². The van der Waals surface area contributed by atoms with Gasteiger partial charge in [-0.05, 0) is 26.2 Å². The molecule has 8 heteroatoms. The van der Waals surface area contributed by atoms with Gasteiger partial charge in [-0.15, -0.1) is 0 Å². The van der Waals surface area contributed by atoms with Crippen molar-refractivity contribution < 1.29 is 8.42 Å². The molecular formula is C14H25N5O2S. The Balaban J connectivity index is 2.00. The SMILES string of the molecule is Cc1cc(NCCS(=O)(=O)N(C)C)nc(N2CCCCC2)n1. The highest BCUT2D eigenvalue weighted by molar-refractivity contribution is 7.89. The van der Waals surface area contributed by atoms with Gasteiger partial charge in [-0.3, -0.25) is 0 Å². The van der Waals surface area contributed by atoms with E-state index in [-0.39, 0.29) is 5.75 Å². The Kier molecular flexibility index (Phi) is 5.57. The second kappa shape index (κ2) is 7.23. The predicted octanol–water partition coefficient (Wildman–Crippen LogP) is 1.08. The monoisotopic (exact) mass is 327 g/mol. The van der Waals surface area contributed by atoms with Gasteiger partial charge in [0.1, 0.15) is 5.82 Å². The van der Waals surface area contributed by atoms with Crippen molar-refractivity contribution in [2.45, 2.75) is 26.2 Å². The molecule has 0 saturated carbocycles. The summed E-state index contributed by atoms with van der Waals surface area (Å²) in [5.74, 6) is 1.46. The van der Waals surface area contributed by atoms with Crippen LogP contribution in [-0.4, -0.2) is 62.2 Å². The minimum absolute atomic E-state index is 0.0437. The number of anilines is 2. The third-order valence-corrected chi connectivity index (χ3v) is 5.54. The van der Waals surface area contributed by atoms with Crippen LogP contribution in [-0.2, 0) is 10.0 Å². The van der Waals surface area contributed by atoms with Crippen molar-refractivity contribution in [3.8, 4) is 0 Å². The van der Waals surface area contributed by atoms with E-state index < -0.39 is 10.0 Å². The zero-order chi connectivity index (χ0) is 16.2. The second-order valence-corrected chi connectivity index (χ2v) is 8.07. The minimum Gasteiger partial charge on any atom is -0.369 e. The lowest BCUT2D eigenvalue weighted by atomic mass is 10.1. The molecule has 1 saturated heterocycles. The van der Waals surface area contributed by atoms with Crippen molar-refractivity contribution in [1.82, 2.24) is 14.3 Å². The Labute approximate surface area is 132 Å². The van der Waals surface area contributed by atoms with Crippen LogP contribution in [0.2, 0.25) is 0 Å². The normalized spacial score (nSPS) is 16.1. The van der Waals surface area contributed by atoms with Crippen molar-refractivity contribution in [3.63, 3.8) is 0 Å². The summed E-state index contributed by atoms with van der Waals surface area (Å²) in [4.78, 5) is 11.2. The van der Waals surface area contributed by atoms with E-state index >= 15 is 0 Å². The molecule has 1 aromatic rings. The maximum Gasteiger partial charge on any atom is 0.227 e. The molecule has 2 heterocycles. The summed E-state index contributed by atoms with van der Waals surface area (Å²) in [5.41, 5.74) is 0.883. The topological polar surface area (TPSA) is 78.4 Å². The van der Waals surface area contributed by atoms with Gasteiger partial charge in [-0.1, -0.05) is 0 Å². The van der Waals surface area contributed by atoms with Crippen molar-refractivity contribution >= 4 is 21.8 Å². The third kappa shape index (κ3) is 4.54. The van der Waals surface area contributed by atoms with Gasteiger partial charge in [0.25, 0.3) is 0 Å². The summed E-state index contributed by atoms with van der Waals surface area (Å²) in [5, 5.41) is 3.09. The third-order valence-electron chi connectivity index (χ3n) is 3.70. The second-order valence-electron chi connectivity index (χ2n) is 5.77. The number of hydrogen-bond acceptors (Lipinski definition) is 6. The average Bonchev–Trinajstić information content (AvgIpc) is 2.47. The first-order valence-corrected chi connectivity index (χ1v) is 9.24. The highest BCUT2D eigenvalue weighted by Crippen LogP contribution is 2.18. The van der Waals surface area contributed by atoms with Gasteiger partial charge in [0, 0.05) is 45.5 Å². The fraction of sp³-hybridized carbons (Fsp3) is 0.714. The molecule has 0 bridgehead atoms. The Bertz CT molecular complexity index is 597. The summed E-state index contributed by atoms with van der Waals surface area (Å²) in [7, 11) is -0.111. The summed E-state index contributed by atoms with van der Waals surface area (Å²) >= 11 is 0. The molecule has 0 spiro atoms. The van der Waals surface area contributed by atoms with E-state index in [4.69, 9.17) is 0 Å². The number of aryl methyl sites for hydroxylation is 1. The van der Waals surface area contributed by atoms with Crippen LogP contribution in [0.3, 0.4) is 0 Å². The van der Waals surface area contributed by atoms with Crippen LogP contribution >= 0.6 is 0 Å². The Morgan fingerprint density at radius 2 is 1.91 bits per heavy atom. The smallest absolute Gasteiger partial charge is 0.227 e. The summed E-state index contributed by atoms with van der Waals surface area (Å²) in [6, 6.07) is 1.84. The van der Waals surface area contributed by atoms with Gasteiger partial charge in [0.15, 0.2) is 0 Å². The molecule has 22 heavy (non-hydrogen) atoms. The van der Waals surface area contributed by atoms with E-state index in [0.29, 0.717) is 12.4 Å². The quantitative estimate of drug-likeness (QED) is 0.842. The lowest BCUT2D eigenvalue weighted by Crippen LogP contribution is -2.31. The molecule has 0 aromatic carbocycles. The molecule has 0 unspecified atom stereocenters. The van der Waals surface area contributed by atoms with Gasteiger partial charge in [-0.25, -0.2) is 17.7 Å².